The molecule has 2 aromatic rings. The molecular weight excluding hydrogens is 274 g/mol. The van der Waals surface area contributed by atoms with Crippen molar-refractivity contribution in [3.63, 3.8) is 0 Å². The van der Waals surface area contributed by atoms with Gasteiger partial charge in [-0.25, -0.2) is 0 Å². The number of benzene rings is 2. The Labute approximate surface area is 130 Å². The van der Waals surface area contributed by atoms with Gasteiger partial charge in [-0.3, -0.25) is 4.79 Å². The normalized spacial score (nSPS) is 11.1. The summed E-state index contributed by atoms with van der Waals surface area (Å²) in [7, 11) is 0. The number of hydrogen-bond acceptors (Lipinski definition) is 2. The first-order chi connectivity index (χ1) is 10.6. The van der Waals surface area contributed by atoms with Gasteiger partial charge in [0.05, 0.1) is 0 Å². The van der Waals surface area contributed by atoms with Crippen LogP contribution in [0.15, 0.2) is 66.8 Å². The summed E-state index contributed by atoms with van der Waals surface area (Å²) in [5.41, 5.74) is 2.87. The van der Waals surface area contributed by atoms with E-state index in [4.69, 9.17) is 0 Å². The molecule has 0 bridgehead atoms. The van der Waals surface area contributed by atoms with Crippen molar-refractivity contribution in [1.29, 1.82) is 0 Å². The van der Waals surface area contributed by atoms with Gasteiger partial charge >= 0.3 is 0 Å². The predicted octanol–water partition coefficient (Wildman–Crippen LogP) is 3.59. The van der Waals surface area contributed by atoms with Crippen LogP contribution in [0.5, 0.6) is 5.75 Å². The van der Waals surface area contributed by atoms with Crippen molar-refractivity contribution in [1.82, 2.24) is 5.32 Å². The van der Waals surface area contributed by atoms with Crippen LogP contribution in [-0.2, 0) is 11.3 Å². The third-order valence-corrected chi connectivity index (χ3v) is 3.18. The molecule has 2 aromatic carbocycles. The van der Waals surface area contributed by atoms with Crippen molar-refractivity contribution >= 4 is 12.0 Å². The molecule has 0 aliphatic carbocycles. The fourth-order valence-corrected chi connectivity index (χ4v) is 1.94. The Morgan fingerprint density at radius 1 is 1.14 bits per heavy atom. The summed E-state index contributed by atoms with van der Waals surface area (Å²) in [4.78, 5) is 11.7. The van der Waals surface area contributed by atoms with Crippen LogP contribution in [-0.4, -0.2) is 11.0 Å². The topological polar surface area (TPSA) is 49.3 Å². The summed E-state index contributed by atoms with van der Waals surface area (Å²) in [5.74, 6) is 0.156. The third kappa shape index (κ3) is 4.94. The SMILES string of the molecule is Cc1cc(/C=C/C=C/C(=O)NCc2ccccc2)ccc1O. The molecule has 0 aromatic heterocycles. The van der Waals surface area contributed by atoms with Crippen molar-refractivity contribution in [3.05, 3.63) is 83.4 Å². The Morgan fingerprint density at radius 3 is 2.64 bits per heavy atom. The van der Waals surface area contributed by atoms with Crippen LogP contribution in [0.25, 0.3) is 6.08 Å². The molecule has 0 spiro atoms. The van der Waals surface area contributed by atoms with Crippen LogP contribution in [0.1, 0.15) is 16.7 Å². The zero-order valence-electron chi connectivity index (χ0n) is 12.5. The maximum Gasteiger partial charge on any atom is 0.244 e. The molecule has 0 aliphatic rings. The monoisotopic (exact) mass is 293 g/mol. The first-order valence-corrected chi connectivity index (χ1v) is 7.11. The number of phenolic OH excluding ortho intramolecular Hbond substituents is 1. The Hall–Kier alpha value is -2.81. The summed E-state index contributed by atoms with van der Waals surface area (Å²) in [5, 5.41) is 12.3. The van der Waals surface area contributed by atoms with E-state index in [-0.39, 0.29) is 11.7 Å². The maximum absolute atomic E-state index is 11.7. The Bertz CT molecular complexity index is 688. The number of carbonyl (C=O) groups excluding carboxylic acids is 1. The zero-order chi connectivity index (χ0) is 15.8. The Kier molecular flexibility index (Phi) is 5.55. The fourth-order valence-electron chi connectivity index (χ4n) is 1.94. The maximum atomic E-state index is 11.7. The molecule has 0 aliphatic heterocycles. The number of nitrogens with one attached hydrogen (secondary N) is 1. The van der Waals surface area contributed by atoms with Gasteiger partial charge in [0.15, 0.2) is 0 Å². The molecule has 0 saturated carbocycles. The smallest absolute Gasteiger partial charge is 0.244 e. The minimum atomic E-state index is -0.129. The van der Waals surface area contributed by atoms with Crippen molar-refractivity contribution < 1.29 is 9.90 Å². The largest absolute Gasteiger partial charge is 0.508 e. The van der Waals surface area contributed by atoms with Crippen molar-refractivity contribution in [2.75, 3.05) is 0 Å². The molecule has 3 nitrogen and oxygen atoms in total. The van der Waals surface area contributed by atoms with Gasteiger partial charge in [-0.05, 0) is 35.7 Å². The molecule has 1 amide bonds. The highest BCUT2D eigenvalue weighted by molar-refractivity contribution is 5.87. The molecule has 3 heteroatoms. The molecule has 112 valence electrons. The number of rotatable bonds is 5. The van der Waals surface area contributed by atoms with Crippen LogP contribution in [0.2, 0.25) is 0 Å². The number of aryl methyl sites for hydroxylation is 1. The minimum absolute atomic E-state index is 0.129. The summed E-state index contributed by atoms with van der Waals surface area (Å²) >= 11 is 0. The summed E-state index contributed by atoms with van der Waals surface area (Å²) in [6, 6.07) is 15.1. The lowest BCUT2D eigenvalue weighted by molar-refractivity contribution is -0.116. The van der Waals surface area contributed by atoms with Crippen LogP contribution in [0.3, 0.4) is 0 Å². The van der Waals surface area contributed by atoms with Crippen molar-refractivity contribution in [2.24, 2.45) is 0 Å². The highest BCUT2D eigenvalue weighted by Gasteiger charge is 1.96. The van der Waals surface area contributed by atoms with E-state index in [2.05, 4.69) is 5.32 Å². The molecule has 0 atom stereocenters. The quantitative estimate of drug-likeness (QED) is 0.654. The van der Waals surface area contributed by atoms with Crippen LogP contribution in [0, 0.1) is 6.92 Å². The summed E-state index contributed by atoms with van der Waals surface area (Å²) < 4.78 is 0. The predicted molar refractivity (Wildman–Crippen MR) is 89.3 cm³/mol. The Morgan fingerprint density at radius 2 is 1.91 bits per heavy atom. The number of amides is 1. The standard InChI is InChI=1S/C19H19NO2/c1-15-13-16(11-12-18(15)21)7-5-6-10-19(22)20-14-17-8-3-2-4-9-17/h2-13,21H,14H2,1H3,(H,20,22)/b7-5+,10-6+. The Balaban J connectivity index is 1.82. The molecule has 0 radical (unpaired) electrons. The molecule has 22 heavy (non-hydrogen) atoms. The van der Waals surface area contributed by atoms with E-state index in [1.54, 1.807) is 18.2 Å². The van der Waals surface area contributed by atoms with Gasteiger partial charge in [0, 0.05) is 12.6 Å². The lowest BCUT2D eigenvalue weighted by Crippen LogP contribution is -2.20. The van der Waals surface area contributed by atoms with Gasteiger partial charge in [-0.15, -0.1) is 0 Å². The van der Waals surface area contributed by atoms with E-state index in [1.807, 2.05) is 55.5 Å². The van der Waals surface area contributed by atoms with Crippen LogP contribution in [0.4, 0.5) is 0 Å². The molecule has 0 unspecified atom stereocenters. The van der Waals surface area contributed by atoms with Crippen LogP contribution >= 0.6 is 0 Å². The van der Waals surface area contributed by atoms with Gasteiger partial charge in [0.25, 0.3) is 0 Å². The second-order valence-corrected chi connectivity index (χ2v) is 4.97. The summed E-state index contributed by atoms with van der Waals surface area (Å²) in [6.45, 7) is 2.37. The minimum Gasteiger partial charge on any atom is -0.508 e. The van der Waals surface area contributed by atoms with Gasteiger partial charge in [-0.1, -0.05) is 54.6 Å². The number of aromatic hydroxyl groups is 1. The van der Waals surface area contributed by atoms with Gasteiger partial charge in [-0.2, -0.15) is 0 Å². The van der Waals surface area contributed by atoms with Crippen molar-refractivity contribution in [3.8, 4) is 5.75 Å². The molecule has 0 heterocycles. The summed E-state index contributed by atoms with van der Waals surface area (Å²) in [6.07, 6.45) is 6.87. The average molecular weight is 293 g/mol. The second-order valence-electron chi connectivity index (χ2n) is 4.97. The lowest BCUT2D eigenvalue weighted by atomic mass is 10.1. The van der Waals surface area contributed by atoms with E-state index in [0.717, 1.165) is 16.7 Å². The lowest BCUT2D eigenvalue weighted by Gasteiger charge is -2.01. The second kappa shape index (κ2) is 7.84. The molecular formula is C19H19NO2. The van der Waals surface area contributed by atoms with Crippen molar-refractivity contribution in [2.45, 2.75) is 13.5 Å². The molecule has 2 rings (SSSR count). The van der Waals surface area contributed by atoms with E-state index in [1.165, 1.54) is 6.08 Å². The van der Waals surface area contributed by atoms with Gasteiger partial charge in [0.2, 0.25) is 5.91 Å². The molecule has 2 N–H and O–H groups in total. The van der Waals surface area contributed by atoms with Gasteiger partial charge < -0.3 is 10.4 Å². The van der Waals surface area contributed by atoms with E-state index >= 15 is 0 Å². The van der Waals surface area contributed by atoms with E-state index < -0.39 is 0 Å². The number of carbonyl (C=O) groups is 1. The first kappa shape index (κ1) is 15.6. The number of hydrogen-bond donors (Lipinski definition) is 2. The highest BCUT2D eigenvalue weighted by atomic mass is 16.3. The zero-order valence-corrected chi connectivity index (χ0v) is 12.5. The average Bonchev–Trinajstić information content (AvgIpc) is 2.54. The third-order valence-electron chi connectivity index (χ3n) is 3.18. The first-order valence-electron chi connectivity index (χ1n) is 7.11. The molecule has 0 fully saturated rings. The molecule has 0 saturated heterocycles. The number of phenols is 1. The van der Waals surface area contributed by atoms with Crippen LogP contribution < -0.4 is 5.32 Å². The van der Waals surface area contributed by atoms with Gasteiger partial charge in [0.1, 0.15) is 5.75 Å². The van der Waals surface area contributed by atoms with E-state index in [9.17, 15) is 9.90 Å². The fraction of sp³-hybridized carbons (Fsp3) is 0.105. The van der Waals surface area contributed by atoms with E-state index in [0.29, 0.717) is 6.54 Å². The number of allylic oxidation sites excluding steroid dienone is 2. The highest BCUT2D eigenvalue weighted by Crippen LogP contribution is 2.17.